The average Bonchev–Trinajstić information content (AvgIpc) is 2.72. The van der Waals surface area contributed by atoms with Gasteiger partial charge in [0.2, 0.25) is 0 Å². The van der Waals surface area contributed by atoms with Crippen LogP contribution in [-0.2, 0) is 0 Å². The third kappa shape index (κ3) is 4.76. The van der Waals surface area contributed by atoms with E-state index in [1.165, 1.54) is 30.6 Å². The molecule has 0 aliphatic carbocycles. The van der Waals surface area contributed by atoms with Crippen molar-refractivity contribution in [1.29, 1.82) is 0 Å². The molecule has 1 aromatic heterocycles. The number of carbonyl (C=O) groups is 2. The van der Waals surface area contributed by atoms with Crippen LogP contribution >= 0.6 is 15.9 Å². The molecular formula is C18H15BrFN7O2. The van der Waals surface area contributed by atoms with Gasteiger partial charge in [0.25, 0.3) is 11.8 Å². The summed E-state index contributed by atoms with van der Waals surface area (Å²) >= 11 is 3.29. The van der Waals surface area contributed by atoms with Crippen LogP contribution in [0.15, 0.2) is 59.3 Å². The van der Waals surface area contributed by atoms with Crippen molar-refractivity contribution in [2.24, 2.45) is 0 Å². The van der Waals surface area contributed by atoms with Crippen molar-refractivity contribution in [2.75, 3.05) is 16.6 Å². The third-order valence-electron chi connectivity index (χ3n) is 3.71. The molecule has 0 saturated heterocycles. The van der Waals surface area contributed by atoms with Crippen LogP contribution in [0.3, 0.4) is 0 Å². The first kappa shape index (κ1) is 20.0. The highest BCUT2D eigenvalue weighted by atomic mass is 79.9. The summed E-state index contributed by atoms with van der Waals surface area (Å²) in [5.74, 6) is -1.64. The van der Waals surface area contributed by atoms with Gasteiger partial charge in [0, 0.05) is 4.47 Å². The number of nitrogens with two attached hydrogens (primary N) is 1. The van der Waals surface area contributed by atoms with E-state index in [0.29, 0.717) is 10.0 Å². The second kappa shape index (κ2) is 8.97. The average molecular weight is 460 g/mol. The number of aromatic nitrogens is 2. The molecule has 0 spiro atoms. The minimum atomic E-state index is -0.710. The molecular weight excluding hydrogens is 445 g/mol. The van der Waals surface area contributed by atoms with Gasteiger partial charge in [-0.2, -0.15) is 0 Å². The second-order valence-corrected chi connectivity index (χ2v) is 6.46. The van der Waals surface area contributed by atoms with Crippen LogP contribution in [0.2, 0.25) is 0 Å². The van der Waals surface area contributed by atoms with Gasteiger partial charge in [-0.05, 0) is 40.2 Å². The molecule has 0 aliphatic heterocycles. The van der Waals surface area contributed by atoms with Crippen LogP contribution in [0.5, 0.6) is 0 Å². The molecule has 1 heterocycles. The summed E-state index contributed by atoms with van der Waals surface area (Å²) in [6.07, 6.45) is 1.17. The van der Waals surface area contributed by atoms with Crippen molar-refractivity contribution >= 4 is 45.1 Å². The minimum Gasteiger partial charge on any atom is -0.393 e. The van der Waals surface area contributed by atoms with Crippen molar-refractivity contribution in [3.8, 4) is 0 Å². The quantitative estimate of drug-likeness (QED) is 0.357. The molecule has 9 nitrogen and oxygen atoms in total. The summed E-state index contributed by atoms with van der Waals surface area (Å²) in [7, 11) is 0. The largest absolute Gasteiger partial charge is 0.393 e. The van der Waals surface area contributed by atoms with Crippen LogP contribution in [0.1, 0.15) is 20.7 Å². The van der Waals surface area contributed by atoms with E-state index in [9.17, 15) is 14.0 Å². The Morgan fingerprint density at radius 3 is 1.97 bits per heavy atom. The number of nitrogen functional groups attached to an aromatic ring is 1. The smallest absolute Gasteiger partial charge is 0.272 e. The zero-order valence-electron chi connectivity index (χ0n) is 14.7. The molecule has 0 aliphatic rings. The van der Waals surface area contributed by atoms with Crippen LogP contribution in [-0.4, -0.2) is 21.8 Å². The summed E-state index contributed by atoms with van der Waals surface area (Å²) in [6, 6.07) is 12.4. The number of hydrogen-bond donors (Lipinski definition) is 5. The van der Waals surface area contributed by atoms with Gasteiger partial charge in [-0.25, -0.2) is 14.4 Å². The van der Waals surface area contributed by atoms with Gasteiger partial charge in [0.1, 0.15) is 17.8 Å². The van der Waals surface area contributed by atoms with Gasteiger partial charge in [0.05, 0.1) is 11.1 Å². The molecule has 0 bridgehead atoms. The van der Waals surface area contributed by atoms with E-state index in [4.69, 9.17) is 5.73 Å². The number of carbonyl (C=O) groups excluding carboxylic acids is 2. The van der Waals surface area contributed by atoms with E-state index >= 15 is 0 Å². The molecule has 0 unspecified atom stereocenters. The van der Waals surface area contributed by atoms with E-state index in [1.807, 2.05) is 0 Å². The lowest BCUT2D eigenvalue weighted by atomic mass is 10.2. The second-order valence-electron chi connectivity index (χ2n) is 5.60. The molecule has 0 radical (unpaired) electrons. The van der Waals surface area contributed by atoms with Crippen LogP contribution < -0.4 is 27.4 Å². The molecule has 148 valence electrons. The number of rotatable bonds is 6. The highest BCUT2D eigenvalue weighted by Gasteiger charge is 2.14. The Morgan fingerprint density at radius 1 is 0.862 bits per heavy atom. The fourth-order valence-corrected chi connectivity index (χ4v) is 2.72. The van der Waals surface area contributed by atoms with Crippen molar-refractivity contribution in [3.05, 3.63) is 76.3 Å². The highest BCUT2D eigenvalue weighted by molar-refractivity contribution is 9.10. The van der Waals surface area contributed by atoms with Gasteiger partial charge < -0.3 is 5.73 Å². The minimum absolute atomic E-state index is 0.0220. The van der Waals surface area contributed by atoms with Gasteiger partial charge >= 0.3 is 0 Å². The standard InChI is InChI=1S/C18H15BrFN7O2/c19-12-7-3-1-5-10(12)17(28)26-24-15-14(21)16(23-9-22-15)25-27-18(29)11-6-2-4-8-13(11)20/h1-9H,21H2,(H,26,28)(H,27,29)(H2,22,23,24,25). The number of amides is 2. The molecule has 2 aromatic carbocycles. The number of nitrogens with one attached hydrogen (secondary N) is 4. The Hall–Kier alpha value is -3.73. The Kier molecular flexibility index (Phi) is 6.19. The fourth-order valence-electron chi connectivity index (χ4n) is 2.25. The molecule has 3 aromatic rings. The number of anilines is 3. The zero-order chi connectivity index (χ0) is 20.8. The summed E-state index contributed by atoms with van der Waals surface area (Å²) in [4.78, 5) is 32.2. The molecule has 0 fully saturated rings. The number of hydrazine groups is 2. The van der Waals surface area contributed by atoms with Crippen LogP contribution in [0.25, 0.3) is 0 Å². The van der Waals surface area contributed by atoms with E-state index in [2.05, 4.69) is 47.6 Å². The van der Waals surface area contributed by atoms with Crippen molar-refractivity contribution in [3.63, 3.8) is 0 Å². The Balaban J connectivity index is 1.65. The van der Waals surface area contributed by atoms with Crippen molar-refractivity contribution in [1.82, 2.24) is 20.8 Å². The van der Waals surface area contributed by atoms with Crippen LogP contribution in [0.4, 0.5) is 21.7 Å². The maximum absolute atomic E-state index is 13.7. The number of hydrogen-bond acceptors (Lipinski definition) is 7. The third-order valence-corrected chi connectivity index (χ3v) is 4.40. The first-order valence-electron chi connectivity index (χ1n) is 8.19. The normalized spacial score (nSPS) is 10.1. The van der Waals surface area contributed by atoms with Gasteiger partial charge in [0.15, 0.2) is 11.6 Å². The maximum Gasteiger partial charge on any atom is 0.272 e. The SMILES string of the molecule is Nc1c(NNC(=O)c2ccccc2F)ncnc1NNC(=O)c1ccccc1Br. The molecule has 0 saturated carbocycles. The zero-order valence-corrected chi connectivity index (χ0v) is 16.3. The Labute approximate surface area is 173 Å². The Bertz CT molecular complexity index is 984. The predicted octanol–water partition coefficient (Wildman–Crippen LogP) is 2.47. The summed E-state index contributed by atoms with van der Waals surface area (Å²) in [5.41, 5.74) is 16.1. The highest BCUT2D eigenvalue weighted by Crippen LogP contribution is 2.21. The first-order valence-corrected chi connectivity index (χ1v) is 8.99. The molecule has 6 N–H and O–H groups in total. The molecule has 29 heavy (non-hydrogen) atoms. The van der Waals surface area contributed by atoms with E-state index in [1.54, 1.807) is 24.3 Å². The van der Waals surface area contributed by atoms with Gasteiger partial charge in [-0.3, -0.25) is 31.3 Å². The van der Waals surface area contributed by atoms with E-state index < -0.39 is 17.6 Å². The number of nitrogens with zero attached hydrogens (tertiary/aromatic N) is 2. The summed E-state index contributed by atoms with van der Waals surface area (Å²) in [5, 5.41) is 0. The van der Waals surface area contributed by atoms with Gasteiger partial charge in [-0.1, -0.05) is 24.3 Å². The lowest BCUT2D eigenvalue weighted by Gasteiger charge is -2.14. The first-order chi connectivity index (χ1) is 14.0. The lowest BCUT2D eigenvalue weighted by Crippen LogP contribution is -2.32. The monoisotopic (exact) mass is 459 g/mol. The molecule has 3 rings (SSSR count). The fraction of sp³-hybridized carbons (Fsp3) is 0. The number of benzene rings is 2. The summed E-state index contributed by atoms with van der Waals surface area (Å²) < 4.78 is 14.3. The predicted molar refractivity (Wildman–Crippen MR) is 109 cm³/mol. The molecule has 2 amide bonds. The topological polar surface area (TPSA) is 134 Å². The van der Waals surface area contributed by atoms with Crippen LogP contribution in [0, 0.1) is 5.82 Å². The molecule has 11 heteroatoms. The Morgan fingerprint density at radius 2 is 1.38 bits per heavy atom. The number of halogens is 2. The van der Waals surface area contributed by atoms with Gasteiger partial charge in [-0.15, -0.1) is 0 Å². The molecule has 0 atom stereocenters. The van der Waals surface area contributed by atoms with Crippen molar-refractivity contribution < 1.29 is 14.0 Å². The summed E-state index contributed by atoms with van der Waals surface area (Å²) in [6.45, 7) is 0. The van der Waals surface area contributed by atoms with E-state index in [0.717, 1.165) is 0 Å². The van der Waals surface area contributed by atoms with E-state index in [-0.39, 0.29) is 22.9 Å². The lowest BCUT2D eigenvalue weighted by molar-refractivity contribution is 0.0952. The van der Waals surface area contributed by atoms with Crippen molar-refractivity contribution in [2.45, 2.75) is 0 Å². The maximum atomic E-state index is 13.7.